The molecule has 3 heterocycles. The van der Waals surface area contributed by atoms with E-state index in [4.69, 9.17) is 0 Å². The van der Waals surface area contributed by atoms with E-state index in [9.17, 15) is 0 Å². The molecule has 0 aliphatic carbocycles. The predicted molar refractivity (Wildman–Crippen MR) is 150 cm³/mol. The summed E-state index contributed by atoms with van der Waals surface area (Å²) < 4.78 is 4.43. The van der Waals surface area contributed by atoms with E-state index in [0.29, 0.717) is 5.92 Å². The quantitative estimate of drug-likeness (QED) is 0.150. The standard InChI is InChI=1S/C22H20N3.C11H8N.Ir/c1-15(2)13-24-14-25-20-12-11-16-7-4-5-8-17(16)21(20)23(3)18-9-6-10-19(24)22(18)25;1-2-6-10(7-3-1)11-8-4-5-9-12-11;/h4-11,15H,13H2,1-3H3;1-6,8-9H;/q2*-1;+3. The van der Waals surface area contributed by atoms with Gasteiger partial charge < -0.3 is 19.0 Å². The van der Waals surface area contributed by atoms with Gasteiger partial charge in [0.25, 0.3) is 0 Å². The van der Waals surface area contributed by atoms with Crippen molar-refractivity contribution in [3.8, 4) is 16.9 Å². The van der Waals surface area contributed by atoms with Crippen LogP contribution in [0.5, 0.6) is 0 Å². The van der Waals surface area contributed by atoms with Crippen molar-refractivity contribution in [3.05, 3.63) is 116 Å². The zero-order valence-electron chi connectivity index (χ0n) is 21.6. The molecule has 6 aromatic rings. The average molecular weight is 673 g/mol. The molecule has 4 aromatic carbocycles. The van der Waals surface area contributed by atoms with Gasteiger partial charge in [0.1, 0.15) is 0 Å². The number of para-hydroxylation sites is 1. The van der Waals surface area contributed by atoms with Crippen LogP contribution in [0.15, 0.2) is 97.2 Å². The summed E-state index contributed by atoms with van der Waals surface area (Å²) >= 11 is 0. The maximum atomic E-state index is 4.22. The second-order valence-electron chi connectivity index (χ2n) is 9.71. The maximum absolute atomic E-state index is 4.22. The van der Waals surface area contributed by atoms with Crippen LogP contribution in [0.25, 0.3) is 38.8 Å². The fourth-order valence-corrected chi connectivity index (χ4v) is 5.01. The number of pyridine rings is 1. The van der Waals surface area contributed by atoms with E-state index in [0.717, 1.165) is 23.5 Å². The summed E-state index contributed by atoms with van der Waals surface area (Å²) in [5.74, 6) is 0.572. The van der Waals surface area contributed by atoms with E-state index >= 15 is 0 Å². The number of rotatable bonds is 3. The molecule has 4 nitrogen and oxygen atoms in total. The van der Waals surface area contributed by atoms with Crippen molar-refractivity contribution in [1.82, 2.24) is 9.55 Å². The third-order valence-corrected chi connectivity index (χ3v) is 6.65. The van der Waals surface area contributed by atoms with Crippen LogP contribution in [0.3, 0.4) is 0 Å². The van der Waals surface area contributed by atoms with E-state index in [1.807, 2.05) is 42.5 Å². The van der Waals surface area contributed by atoms with Gasteiger partial charge >= 0.3 is 20.1 Å². The molecule has 0 N–H and O–H groups in total. The number of nitrogens with zero attached hydrogens (tertiary/aromatic N) is 4. The van der Waals surface area contributed by atoms with Crippen molar-refractivity contribution in [2.45, 2.75) is 20.4 Å². The Labute approximate surface area is 237 Å². The van der Waals surface area contributed by atoms with Gasteiger partial charge in [-0.3, -0.25) is 0 Å². The summed E-state index contributed by atoms with van der Waals surface area (Å²) in [6.45, 7) is 5.44. The van der Waals surface area contributed by atoms with Crippen LogP contribution in [0.4, 0.5) is 11.4 Å². The number of benzene rings is 4. The largest absolute Gasteiger partial charge is 3.00 e. The molecule has 0 unspecified atom stereocenters. The van der Waals surface area contributed by atoms with Crippen molar-refractivity contribution >= 4 is 33.2 Å². The SMILES string of the molecule is CC(C)Cn1[c-][n+]2c3c(cccc31)N(C)c1c-2[c-]cc2ccccc12.[Ir+3].[c-]1ccccc1-c1ccccn1. The first-order chi connectivity index (χ1) is 18.1. The van der Waals surface area contributed by atoms with Crippen LogP contribution in [0, 0.1) is 24.4 Å². The van der Waals surface area contributed by atoms with Gasteiger partial charge in [0.15, 0.2) is 0 Å². The molecule has 2 aromatic heterocycles. The normalized spacial score (nSPS) is 11.6. The van der Waals surface area contributed by atoms with E-state index in [2.05, 4.69) is 107 Å². The second kappa shape index (κ2) is 10.9. The van der Waals surface area contributed by atoms with Gasteiger partial charge in [0, 0.05) is 11.9 Å². The molecule has 5 heteroatoms. The number of fused-ring (bicyclic) bond motifs is 4. The zero-order chi connectivity index (χ0) is 25.4. The summed E-state index contributed by atoms with van der Waals surface area (Å²) in [7, 11) is 2.15. The summed E-state index contributed by atoms with van der Waals surface area (Å²) in [5, 5.41) is 2.46. The Morgan fingerprint density at radius 1 is 0.895 bits per heavy atom. The van der Waals surface area contributed by atoms with Crippen molar-refractivity contribution < 1.29 is 24.7 Å². The molecule has 38 heavy (non-hydrogen) atoms. The fourth-order valence-electron chi connectivity index (χ4n) is 5.01. The minimum atomic E-state index is 0. The van der Waals surface area contributed by atoms with E-state index < -0.39 is 0 Å². The van der Waals surface area contributed by atoms with Crippen LogP contribution in [-0.2, 0) is 26.7 Å². The van der Waals surface area contributed by atoms with Crippen LogP contribution in [-0.4, -0.2) is 16.6 Å². The Morgan fingerprint density at radius 2 is 1.71 bits per heavy atom. The third-order valence-electron chi connectivity index (χ3n) is 6.65. The Balaban J connectivity index is 0.000000191. The molecule has 0 saturated carbocycles. The molecule has 0 radical (unpaired) electrons. The summed E-state index contributed by atoms with van der Waals surface area (Å²) in [6, 6.07) is 37.4. The first kappa shape index (κ1) is 25.8. The van der Waals surface area contributed by atoms with Crippen molar-refractivity contribution in [2.75, 3.05) is 11.9 Å². The molecule has 0 spiro atoms. The number of anilines is 2. The number of hydrogen-bond acceptors (Lipinski definition) is 2. The molecule has 1 aliphatic rings. The van der Waals surface area contributed by atoms with Crippen LogP contribution in [0.1, 0.15) is 13.8 Å². The van der Waals surface area contributed by atoms with Crippen molar-refractivity contribution in [3.63, 3.8) is 0 Å². The number of aromatic nitrogens is 3. The molecule has 1 aliphatic heterocycles. The van der Waals surface area contributed by atoms with Crippen molar-refractivity contribution in [2.24, 2.45) is 5.92 Å². The van der Waals surface area contributed by atoms with Gasteiger partial charge in [-0.1, -0.05) is 62.0 Å². The van der Waals surface area contributed by atoms with Crippen LogP contribution >= 0.6 is 0 Å². The molecule has 188 valence electrons. The fraction of sp³-hybridized carbons (Fsp3) is 0.152. The minimum Gasteiger partial charge on any atom is -0.407 e. The summed E-state index contributed by atoms with van der Waals surface area (Å²) in [5.41, 5.74) is 7.94. The molecule has 0 atom stereocenters. The smallest absolute Gasteiger partial charge is 0.407 e. The summed E-state index contributed by atoms with van der Waals surface area (Å²) in [6.07, 6.45) is 5.37. The average Bonchev–Trinajstić information content (AvgIpc) is 3.31. The van der Waals surface area contributed by atoms with E-state index in [1.54, 1.807) is 6.20 Å². The topological polar surface area (TPSA) is 24.9 Å². The van der Waals surface area contributed by atoms with Gasteiger partial charge in [-0.25, -0.2) is 0 Å². The molecule has 0 fully saturated rings. The van der Waals surface area contributed by atoms with E-state index in [-0.39, 0.29) is 20.1 Å². The molecule has 7 rings (SSSR count). The number of imidazole rings is 1. The van der Waals surface area contributed by atoms with Crippen molar-refractivity contribution in [1.29, 1.82) is 0 Å². The van der Waals surface area contributed by atoms with Gasteiger partial charge in [0.05, 0.1) is 17.6 Å². The molecule has 0 bridgehead atoms. The molecular formula is C33H28IrN4+. The van der Waals surface area contributed by atoms with Gasteiger partial charge in [0.2, 0.25) is 6.33 Å². The molecule has 0 amide bonds. The third kappa shape index (κ3) is 4.64. The molecular weight excluding hydrogens is 645 g/mol. The molecule has 0 saturated heterocycles. The van der Waals surface area contributed by atoms with Crippen LogP contribution in [0.2, 0.25) is 0 Å². The first-order valence-corrected chi connectivity index (χ1v) is 12.6. The minimum absolute atomic E-state index is 0. The van der Waals surface area contributed by atoms with Gasteiger partial charge in [-0.15, -0.1) is 52.7 Å². The van der Waals surface area contributed by atoms with Gasteiger partial charge in [-0.2, -0.15) is 12.1 Å². The van der Waals surface area contributed by atoms with E-state index in [1.165, 1.54) is 33.2 Å². The number of hydrogen-bond donors (Lipinski definition) is 0. The maximum Gasteiger partial charge on any atom is 3.00 e. The first-order valence-electron chi connectivity index (χ1n) is 12.6. The van der Waals surface area contributed by atoms with Gasteiger partial charge in [-0.05, 0) is 36.5 Å². The van der Waals surface area contributed by atoms with Crippen LogP contribution < -0.4 is 9.47 Å². The predicted octanol–water partition coefficient (Wildman–Crippen LogP) is 6.96. The summed E-state index contributed by atoms with van der Waals surface area (Å²) in [4.78, 5) is 6.51. The zero-order valence-corrected chi connectivity index (χ0v) is 24.0. The second-order valence-corrected chi connectivity index (χ2v) is 9.71. The Kier molecular flexibility index (Phi) is 7.42. The monoisotopic (exact) mass is 673 g/mol. The Morgan fingerprint density at radius 3 is 2.47 bits per heavy atom. The Bertz CT molecular complexity index is 1650. The Hall–Kier alpha value is -3.79.